The van der Waals surface area contributed by atoms with Crippen LogP contribution in [0.4, 0.5) is 0 Å². The van der Waals surface area contributed by atoms with Crippen LogP contribution >= 0.6 is 0 Å². The summed E-state index contributed by atoms with van der Waals surface area (Å²) in [6, 6.07) is 27.3. The number of aromatic hydroxyl groups is 2. The van der Waals surface area contributed by atoms with Crippen LogP contribution in [0.15, 0.2) is 84.9 Å². The fourth-order valence-corrected chi connectivity index (χ4v) is 4.34. The molecule has 2 aromatic heterocycles. The third-order valence-corrected chi connectivity index (χ3v) is 5.91. The van der Waals surface area contributed by atoms with Crippen molar-refractivity contribution in [2.24, 2.45) is 7.05 Å². The fourth-order valence-electron chi connectivity index (χ4n) is 4.34. The number of rotatable bonds is 5. The lowest BCUT2D eigenvalue weighted by atomic mass is 9.95. The minimum Gasteiger partial charge on any atom is -0.492 e. The minimum absolute atomic E-state index is 0.0870. The number of nitrogens with zero attached hydrogens (tertiary/aromatic N) is 2. The number of aromatic nitrogens is 2. The first-order valence-electron chi connectivity index (χ1n) is 10.7. The van der Waals surface area contributed by atoms with E-state index in [0.29, 0.717) is 11.2 Å². The Labute approximate surface area is 190 Å². The van der Waals surface area contributed by atoms with Crippen LogP contribution in [-0.4, -0.2) is 20.9 Å². The van der Waals surface area contributed by atoms with Gasteiger partial charge in [-0.2, -0.15) is 4.57 Å². The molecule has 0 spiro atoms. The highest BCUT2D eigenvalue weighted by Crippen LogP contribution is 2.32. The zero-order valence-corrected chi connectivity index (χ0v) is 18.1. The van der Waals surface area contributed by atoms with Crippen molar-refractivity contribution in [1.82, 2.24) is 4.73 Å². The summed E-state index contributed by atoms with van der Waals surface area (Å²) in [4.78, 5) is 17.6. The zero-order valence-electron chi connectivity index (χ0n) is 18.1. The van der Waals surface area contributed by atoms with Gasteiger partial charge >= 0.3 is 5.97 Å². The lowest BCUT2D eigenvalue weighted by Crippen LogP contribution is -2.31. The third kappa shape index (κ3) is 3.76. The SMILES string of the molecule is C[n+]1c2ccccc2cc2c(-c3ccccc3)ccc(CCC(=O)On3c(O)ccc3O)c21. The molecule has 6 heteroatoms. The normalized spacial score (nSPS) is 11.2. The standard InChI is InChI=1S/C27H22N2O4/c1-28-23-10-6-5-9-20(23)17-22-21(18-7-3-2-4-8-18)13-11-19(27(22)28)12-16-26(32)33-29-24(30)14-15-25(29)31/h2-11,13-15,17H,12,16H2,1H3,(H-,30,31)/p+1. The maximum Gasteiger partial charge on any atom is 0.333 e. The summed E-state index contributed by atoms with van der Waals surface area (Å²) in [7, 11) is 2.04. The molecule has 33 heavy (non-hydrogen) atoms. The largest absolute Gasteiger partial charge is 0.492 e. The number of hydrogen-bond acceptors (Lipinski definition) is 4. The van der Waals surface area contributed by atoms with E-state index in [1.54, 1.807) is 0 Å². The summed E-state index contributed by atoms with van der Waals surface area (Å²) < 4.78 is 2.88. The molecule has 0 amide bonds. The highest BCUT2D eigenvalue weighted by molar-refractivity contribution is 5.99. The van der Waals surface area contributed by atoms with E-state index in [2.05, 4.69) is 47.0 Å². The molecule has 5 aromatic rings. The topological polar surface area (TPSA) is 75.6 Å². The molecule has 0 atom stereocenters. The second-order valence-electron chi connectivity index (χ2n) is 7.97. The Morgan fingerprint density at radius 3 is 2.36 bits per heavy atom. The van der Waals surface area contributed by atoms with Gasteiger partial charge in [-0.25, -0.2) is 4.79 Å². The summed E-state index contributed by atoms with van der Waals surface area (Å²) in [5, 5.41) is 21.7. The molecule has 2 heterocycles. The van der Waals surface area contributed by atoms with Crippen LogP contribution in [0, 0.1) is 0 Å². The number of aryl methyl sites for hydroxylation is 2. The van der Waals surface area contributed by atoms with Crippen molar-refractivity contribution < 1.29 is 24.4 Å². The van der Waals surface area contributed by atoms with Gasteiger partial charge in [0.25, 0.3) is 0 Å². The molecular formula is C27H23N2O4+. The van der Waals surface area contributed by atoms with E-state index in [4.69, 9.17) is 4.84 Å². The van der Waals surface area contributed by atoms with Gasteiger partial charge in [0.05, 0.1) is 11.8 Å². The quantitative estimate of drug-likeness (QED) is 0.317. The Balaban J connectivity index is 1.56. The first-order chi connectivity index (χ1) is 16.0. The van der Waals surface area contributed by atoms with Crippen LogP contribution < -0.4 is 9.40 Å². The van der Waals surface area contributed by atoms with E-state index in [-0.39, 0.29) is 18.2 Å². The van der Waals surface area contributed by atoms with Crippen LogP contribution in [0.5, 0.6) is 11.8 Å². The summed E-state index contributed by atoms with van der Waals surface area (Å²) >= 11 is 0. The van der Waals surface area contributed by atoms with Crippen LogP contribution in [0.2, 0.25) is 0 Å². The summed E-state index contributed by atoms with van der Waals surface area (Å²) in [6.07, 6.45) is 0.531. The number of carbonyl (C=O) groups excluding carboxylic acids is 1. The third-order valence-electron chi connectivity index (χ3n) is 5.91. The van der Waals surface area contributed by atoms with Crippen molar-refractivity contribution in [2.75, 3.05) is 0 Å². The van der Waals surface area contributed by atoms with Crippen molar-refractivity contribution in [3.05, 3.63) is 90.5 Å². The molecule has 0 unspecified atom stereocenters. The lowest BCUT2D eigenvalue weighted by Gasteiger charge is -2.12. The second-order valence-corrected chi connectivity index (χ2v) is 7.97. The van der Waals surface area contributed by atoms with Crippen molar-refractivity contribution in [3.63, 3.8) is 0 Å². The summed E-state index contributed by atoms with van der Waals surface area (Å²) in [5.74, 6) is -1.23. The van der Waals surface area contributed by atoms with Gasteiger partial charge in [-0.1, -0.05) is 54.6 Å². The molecule has 2 N–H and O–H groups in total. The average Bonchev–Trinajstić information content (AvgIpc) is 3.15. The van der Waals surface area contributed by atoms with Gasteiger partial charge in [-0.15, -0.1) is 4.73 Å². The molecule has 0 aliphatic carbocycles. The molecule has 0 saturated heterocycles. The Bertz CT molecular complexity index is 1470. The second kappa shape index (κ2) is 8.31. The molecule has 5 rings (SSSR count). The predicted octanol–water partition coefficient (Wildman–Crippen LogP) is 4.29. The van der Waals surface area contributed by atoms with Crippen LogP contribution in [0.1, 0.15) is 12.0 Å². The van der Waals surface area contributed by atoms with Gasteiger partial charge in [-0.05, 0) is 29.7 Å². The molecule has 6 nitrogen and oxygen atoms in total. The van der Waals surface area contributed by atoms with Crippen molar-refractivity contribution in [3.8, 4) is 22.9 Å². The van der Waals surface area contributed by atoms with Gasteiger partial charge in [-0.3, -0.25) is 0 Å². The molecule has 0 bridgehead atoms. The molecule has 0 fully saturated rings. The molecule has 0 saturated carbocycles. The molecular weight excluding hydrogens is 416 g/mol. The minimum atomic E-state index is -0.555. The van der Waals surface area contributed by atoms with E-state index in [0.717, 1.165) is 38.5 Å². The lowest BCUT2D eigenvalue weighted by molar-refractivity contribution is -0.617. The first-order valence-corrected chi connectivity index (χ1v) is 10.7. The molecule has 164 valence electrons. The summed E-state index contributed by atoms with van der Waals surface area (Å²) in [5.41, 5.74) is 5.41. The first kappa shape index (κ1) is 20.6. The van der Waals surface area contributed by atoms with E-state index >= 15 is 0 Å². The fraction of sp³-hybridized carbons (Fsp3) is 0.111. The molecule has 3 aromatic carbocycles. The van der Waals surface area contributed by atoms with E-state index < -0.39 is 5.97 Å². The van der Waals surface area contributed by atoms with E-state index in [1.165, 1.54) is 12.1 Å². The number of hydrogen-bond donors (Lipinski definition) is 2. The molecule has 0 aliphatic rings. The Morgan fingerprint density at radius 1 is 0.909 bits per heavy atom. The van der Waals surface area contributed by atoms with Gasteiger partial charge in [0, 0.05) is 29.1 Å². The van der Waals surface area contributed by atoms with Gasteiger partial charge in [0.1, 0.15) is 7.05 Å². The Hall–Kier alpha value is -4.32. The Kier molecular flexibility index (Phi) is 5.18. The number of pyridine rings is 1. The maximum atomic E-state index is 12.4. The smallest absolute Gasteiger partial charge is 0.333 e. The number of benzene rings is 3. The van der Waals surface area contributed by atoms with Crippen molar-refractivity contribution >= 4 is 27.8 Å². The molecule has 0 aliphatic heterocycles. The zero-order chi connectivity index (χ0) is 22.9. The number of fused-ring (bicyclic) bond motifs is 2. The average molecular weight is 439 g/mol. The molecule has 0 radical (unpaired) electrons. The monoisotopic (exact) mass is 439 g/mol. The highest BCUT2D eigenvalue weighted by Gasteiger charge is 2.20. The van der Waals surface area contributed by atoms with E-state index in [9.17, 15) is 15.0 Å². The van der Waals surface area contributed by atoms with Crippen LogP contribution in [0.3, 0.4) is 0 Å². The van der Waals surface area contributed by atoms with E-state index in [1.807, 2.05) is 37.4 Å². The van der Waals surface area contributed by atoms with Gasteiger partial charge in [0.2, 0.25) is 22.8 Å². The Morgan fingerprint density at radius 2 is 1.61 bits per heavy atom. The predicted molar refractivity (Wildman–Crippen MR) is 126 cm³/mol. The van der Waals surface area contributed by atoms with Crippen LogP contribution in [-0.2, 0) is 18.3 Å². The van der Waals surface area contributed by atoms with Crippen LogP contribution in [0.25, 0.3) is 32.9 Å². The summed E-state index contributed by atoms with van der Waals surface area (Å²) in [6.45, 7) is 0. The van der Waals surface area contributed by atoms with Gasteiger partial charge < -0.3 is 15.1 Å². The van der Waals surface area contributed by atoms with Crippen molar-refractivity contribution in [2.45, 2.75) is 12.8 Å². The van der Waals surface area contributed by atoms with Gasteiger partial charge in [0.15, 0.2) is 0 Å². The highest BCUT2D eigenvalue weighted by atomic mass is 16.7. The van der Waals surface area contributed by atoms with Crippen molar-refractivity contribution in [1.29, 1.82) is 0 Å². The number of para-hydroxylation sites is 1. The number of carbonyl (C=O) groups is 1. The maximum absolute atomic E-state index is 12.4.